The van der Waals surface area contributed by atoms with Gasteiger partial charge in [-0.15, -0.1) is 29.3 Å². The number of para-hydroxylation sites is 1. The number of amides is 1. The summed E-state index contributed by atoms with van der Waals surface area (Å²) in [7, 11) is 0. The minimum Gasteiger partial charge on any atom is -0.355 e. The summed E-state index contributed by atoms with van der Waals surface area (Å²) < 4.78 is 1.94. The molecule has 0 aliphatic rings. The van der Waals surface area contributed by atoms with Crippen molar-refractivity contribution in [2.75, 3.05) is 19.6 Å². The van der Waals surface area contributed by atoms with E-state index in [0.29, 0.717) is 26.2 Å². The highest BCUT2D eigenvalue weighted by Crippen LogP contribution is 2.23. The van der Waals surface area contributed by atoms with Gasteiger partial charge in [-0.25, -0.2) is 4.98 Å². The third kappa shape index (κ3) is 5.38. The average molecular weight is 406 g/mol. The fourth-order valence-corrected chi connectivity index (χ4v) is 4.72. The Morgan fingerprint density at radius 2 is 2.12 bits per heavy atom. The highest BCUT2D eigenvalue weighted by molar-refractivity contribution is 7.18. The molecule has 7 heteroatoms. The lowest BCUT2D eigenvalue weighted by Gasteiger charge is -2.19. The van der Waals surface area contributed by atoms with Crippen molar-refractivity contribution in [1.82, 2.24) is 15.2 Å². The lowest BCUT2D eigenvalue weighted by atomic mass is 10.3. The third-order valence-electron chi connectivity index (χ3n) is 3.76. The molecule has 1 amide bonds. The minimum absolute atomic E-state index is 0.00983. The zero-order chi connectivity index (χ0) is 18.4. The Hall–Kier alpha value is -1.73. The number of halogens is 1. The molecule has 1 aromatic carbocycles. The van der Waals surface area contributed by atoms with Gasteiger partial charge in [-0.3, -0.25) is 9.69 Å². The molecule has 136 valence electrons. The highest BCUT2D eigenvalue weighted by atomic mass is 35.5. The Morgan fingerprint density at radius 1 is 1.27 bits per heavy atom. The van der Waals surface area contributed by atoms with Crippen LogP contribution in [-0.4, -0.2) is 35.4 Å². The molecule has 3 rings (SSSR count). The van der Waals surface area contributed by atoms with Crippen LogP contribution in [0.2, 0.25) is 4.34 Å². The summed E-state index contributed by atoms with van der Waals surface area (Å²) in [6.45, 7) is 6.04. The first-order valence-electron chi connectivity index (χ1n) is 8.32. The van der Waals surface area contributed by atoms with E-state index in [1.807, 2.05) is 41.3 Å². The van der Waals surface area contributed by atoms with Crippen molar-refractivity contribution in [1.29, 1.82) is 0 Å². The monoisotopic (exact) mass is 405 g/mol. The van der Waals surface area contributed by atoms with Crippen LogP contribution in [0.4, 0.5) is 0 Å². The van der Waals surface area contributed by atoms with Crippen molar-refractivity contribution < 1.29 is 4.79 Å². The van der Waals surface area contributed by atoms with Crippen LogP contribution in [0, 0.1) is 0 Å². The number of nitrogens with one attached hydrogen (secondary N) is 1. The van der Waals surface area contributed by atoms with E-state index in [-0.39, 0.29) is 5.91 Å². The van der Waals surface area contributed by atoms with Crippen LogP contribution in [0.3, 0.4) is 0 Å². The second-order valence-electron chi connectivity index (χ2n) is 5.84. The second kappa shape index (κ2) is 9.28. The predicted octanol–water partition coefficient (Wildman–Crippen LogP) is 4.36. The molecule has 0 radical (unpaired) electrons. The van der Waals surface area contributed by atoms with Gasteiger partial charge < -0.3 is 5.32 Å². The summed E-state index contributed by atoms with van der Waals surface area (Å²) in [5.74, 6) is 0.00983. The summed E-state index contributed by atoms with van der Waals surface area (Å²) >= 11 is 9.19. The summed E-state index contributed by atoms with van der Waals surface area (Å²) in [6.07, 6.45) is 2.55. The van der Waals surface area contributed by atoms with Gasteiger partial charge in [-0.1, -0.05) is 29.8 Å². The first kappa shape index (κ1) is 19.0. The largest absolute Gasteiger partial charge is 0.355 e. The number of thiazole rings is 1. The van der Waals surface area contributed by atoms with Gasteiger partial charge in [0.05, 0.1) is 26.1 Å². The van der Waals surface area contributed by atoms with Gasteiger partial charge in [0.1, 0.15) is 0 Å². The van der Waals surface area contributed by atoms with Crippen LogP contribution >= 0.6 is 34.3 Å². The van der Waals surface area contributed by atoms with Crippen molar-refractivity contribution in [2.45, 2.75) is 13.0 Å². The molecule has 0 fully saturated rings. The molecule has 2 aromatic heterocycles. The number of aromatic nitrogens is 1. The Morgan fingerprint density at radius 3 is 2.85 bits per heavy atom. The van der Waals surface area contributed by atoms with Crippen molar-refractivity contribution >= 4 is 50.4 Å². The molecular weight excluding hydrogens is 386 g/mol. The van der Waals surface area contributed by atoms with Crippen LogP contribution < -0.4 is 5.32 Å². The van der Waals surface area contributed by atoms with Crippen LogP contribution in [-0.2, 0) is 17.8 Å². The number of carbonyl (C=O) groups excluding carboxylic acids is 1. The van der Waals surface area contributed by atoms with E-state index in [9.17, 15) is 4.79 Å². The summed E-state index contributed by atoms with van der Waals surface area (Å²) in [4.78, 5) is 20.0. The fraction of sp³-hybridized carbons (Fsp3) is 0.263. The Balaban J connectivity index is 1.47. The highest BCUT2D eigenvalue weighted by Gasteiger charge is 2.12. The van der Waals surface area contributed by atoms with Crippen molar-refractivity contribution in [2.24, 2.45) is 0 Å². The maximum atomic E-state index is 12.3. The number of benzene rings is 1. The normalized spacial score (nSPS) is 11.2. The Bertz CT molecular complexity index is 857. The molecule has 0 unspecified atom stereocenters. The molecule has 1 N–H and O–H groups in total. The maximum Gasteiger partial charge on any atom is 0.234 e. The summed E-state index contributed by atoms with van der Waals surface area (Å²) in [6, 6.07) is 12.0. The quantitative estimate of drug-likeness (QED) is 0.538. The van der Waals surface area contributed by atoms with Gasteiger partial charge >= 0.3 is 0 Å². The fourth-order valence-electron chi connectivity index (χ4n) is 2.62. The lowest BCUT2D eigenvalue weighted by Crippen LogP contribution is -2.37. The Kier molecular flexibility index (Phi) is 6.80. The molecule has 0 spiro atoms. The van der Waals surface area contributed by atoms with E-state index in [4.69, 9.17) is 11.6 Å². The van der Waals surface area contributed by atoms with Gasteiger partial charge in [0, 0.05) is 30.9 Å². The minimum atomic E-state index is 0.00983. The number of hydrogen-bond acceptors (Lipinski definition) is 5. The van der Waals surface area contributed by atoms with E-state index in [2.05, 4.69) is 22.9 Å². The molecule has 0 saturated carbocycles. The van der Waals surface area contributed by atoms with E-state index < -0.39 is 0 Å². The van der Waals surface area contributed by atoms with Gasteiger partial charge in [0.15, 0.2) is 0 Å². The summed E-state index contributed by atoms with van der Waals surface area (Å²) in [5.41, 5.74) is 1.02. The number of nitrogens with zero attached hydrogens (tertiary/aromatic N) is 2. The molecule has 2 heterocycles. The molecule has 0 aliphatic heterocycles. The van der Waals surface area contributed by atoms with E-state index in [1.165, 1.54) is 16.0 Å². The molecule has 26 heavy (non-hydrogen) atoms. The van der Waals surface area contributed by atoms with Gasteiger partial charge in [0.25, 0.3) is 0 Å². The smallest absolute Gasteiger partial charge is 0.234 e. The number of fused-ring (bicyclic) bond motifs is 1. The molecule has 0 saturated heterocycles. The average Bonchev–Trinajstić information content (AvgIpc) is 3.20. The molecule has 0 aliphatic carbocycles. The third-order valence-corrected chi connectivity index (χ3v) is 6.07. The van der Waals surface area contributed by atoms with E-state index in [1.54, 1.807) is 11.3 Å². The van der Waals surface area contributed by atoms with Crippen molar-refractivity contribution in [3.8, 4) is 0 Å². The first-order valence-corrected chi connectivity index (χ1v) is 10.3. The number of rotatable bonds is 9. The van der Waals surface area contributed by atoms with Gasteiger partial charge in [-0.2, -0.15) is 0 Å². The summed E-state index contributed by atoms with van der Waals surface area (Å²) in [5, 5.41) is 4.03. The van der Waals surface area contributed by atoms with Crippen LogP contribution in [0.25, 0.3) is 10.2 Å². The zero-order valence-electron chi connectivity index (χ0n) is 14.3. The van der Waals surface area contributed by atoms with Crippen LogP contribution in [0.5, 0.6) is 0 Å². The van der Waals surface area contributed by atoms with Crippen molar-refractivity contribution in [3.05, 3.63) is 63.3 Å². The maximum absolute atomic E-state index is 12.3. The van der Waals surface area contributed by atoms with E-state index >= 15 is 0 Å². The van der Waals surface area contributed by atoms with Gasteiger partial charge in [-0.05, 0) is 24.3 Å². The molecule has 4 nitrogen and oxygen atoms in total. The second-order valence-corrected chi connectivity index (χ2v) is 8.75. The number of thiophene rings is 1. The SMILES string of the molecule is C=CCN(CC(=O)NCCc1nc2ccccc2s1)Cc1ccc(Cl)s1. The molecular formula is C19H20ClN3OS2. The van der Waals surface area contributed by atoms with E-state index in [0.717, 1.165) is 26.2 Å². The lowest BCUT2D eigenvalue weighted by molar-refractivity contribution is -0.122. The zero-order valence-corrected chi connectivity index (χ0v) is 16.7. The van der Waals surface area contributed by atoms with Gasteiger partial charge in [0.2, 0.25) is 5.91 Å². The van der Waals surface area contributed by atoms with Crippen LogP contribution in [0.15, 0.2) is 49.1 Å². The van der Waals surface area contributed by atoms with Crippen LogP contribution in [0.1, 0.15) is 9.88 Å². The topological polar surface area (TPSA) is 45.2 Å². The Labute approximate surface area is 166 Å². The number of carbonyl (C=O) groups is 1. The molecule has 3 aromatic rings. The number of hydrogen-bond donors (Lipinski definition) is 1. The predicted molar refractivity (Wildman–Crippen MR) is 111 cm³/mol. The molecule has 0 atom stereocenters. The van der Waals surface area contributed by atoms with Crippen molar-refractivity contribution in [3.63, 3.8) is 0 Å². The molecule has 0 bridgehead atoms. The first-order chi connectivity index (χ1) is 12.6. The standard InChI is InChI=1S/C19H20ClN3OS2/c1-2-11-23(12-14-7-8-17(20)25-14)13-18(24)21-10-9-19-22-15-5-3-4-6-16(15)26-19/h2-8H,1,9-13H2,(H,21,24).